The second kappa shape index (κ2) is 10.5. The summed E-state index contributed by atoms with van der Waals surface area (Å²) in [5.41, 5.74) is 0.882. The molecule has 0 spiro atoms. The molecule has 0 saturated carbocycles. The van der Waals surface area contributed by atoms with Gasteiger partial charge in [0.1, 0.15) is 11.9 Å². The first-order chi connectivity index (χ1) is 18.6. The van der Waals surface area contributed by atoms with Crippen molar-refractivity contribution in [2.24, 2.45) is 10.9 Å². The van der Waals surface area contributed by atoms with E-state index in [1.807, 2.05) is 0 Å². The van der Waals surface area contributed by atoms with E-state index < -0.39 is 54.1 Å². The maximum absolute atomic E-state index is 14.9. The van der Waals surface area contributed by atoms with E-state index in [1.165, 1.54) is 23.5 Å². The first-order valence-electron chi connectivity index (χ1n) is 12.4. The number of aromatic nitrogens is 1. The topological polar surface area (TPSA) is 104 Å². The number of halogens is 3. The van der Waals surface area contributed by atoms with Gasteiger partial charge in [-0.2, -0.15) is 0 Å². The van der Waals surface area contributed by atoms with Crippen LogP contribution in [0.25, 0.3) is 0 Å². The molecule has 2 saturated heterocycles. The van der Waals surface area contributed by atoms with Crippen LogP contribution in [0, 0.1) is 24.1 Å². The summed E-state index contributed by atoms with van der Waals surface area (Å²) in [6, 6.07) is 0.912. The van der Waals surface area contributed by atoms with E-state index >= 15 is 0 Å². The number of nitrogens with one attached hydrogen (secondary N) is 1. The number of alkyl halides is 2. The van der Waals surface area contributed by atoms with Gasteiger partial charge in [0, 0.05) is 48.3 Å². The Morgan fingerprint density at radius 2 is 2.18 bits per heavy atom. The number of terminal acetylenes is 1. The number of amidine groups is 1. The van der Waals surface area contributed by atoms with Crippen LogP contribution in [0.1, 0.15) is 48.4 Å². The van der Waals surface area contributed by atoms with E-state index in [0.717, 1.165) is 6.07 Å². The largest absolute Gasteiger partial charge is 0.481 e. The van der Waals surface area contributed by atoms with E-state index in [0.29, 0.717) is 16.4 Å². The number of carbonyl (C=O) groups excluding carboxylic acids is 1. The lowest BCUT2D eigenvalue weighted by Gasteiger charge is -2.31. The molecule has 3 aliphatic heterocycles. The number of aliphatic carboxylic acids is 1. The van der Waals surface area contributed by atoms with Gasteiger partial charge in [-0.15, -0.1) is 17.8 Å². The van der Waals surface area contributed by atoms with Crippen molar-refractivity contribution < 1.29 is 32.6 Å². The van der Waals surface area contributed by atoms with Gasteiger partial charge in [0.2, 0.25) is 0 Å². The first-order valence-corrected chi connectivity index (χ1v) is 13.3. The van der Waals surface area contributed by atoms with Crippen LogP contribution < -0.4 is 5.32 Å². The molecule has 4 heterocycles. The summed E-state index contributed by atoms with van der Waals surface area (Å²) in [5, 5.41) is 14.7. The van der Waals surface area contributed by atoms with Crippen LogP contribution in [0.5, 0.6) is 0 Å². The summed E-state index contributed by atoms with van der Waals surface area (Å²) in [4.78, 5) is 35.4. The summed E-state index contributed by atoms with van der Waals surface area (Å²) < 4.78 is 49.2. The average molecular weight is 559 g/mol. The fourth-order valence-electron chi connectivity index (χ4n) is 5.78. The van der Waals surface area contributed by atoms with Gasteiger partial charge in [-0.25, -0.2) is 22.9 Å². The molecule has 2 bridgehead atoms. The second-order valence-corrected chi connectivity index (χ2v) is 10.5. The van der Waals surface area contributed by atoms with Crippen molar-refractivity contribution in [2.45, 2.75) is 50.2 Å². The molecular weight excluding hydrogens is 533 g/mol. The zero-order valence-electron chi connectivity index (χ0n) is 20.9. The van der Waals surface area contributed by atoms with Crippen molar-refractivity contribution in [1.82, 2.24) is 15.2 Å². The Kier molecular flexibility index (Phi) is 7.22. The molecule has 4 atom stereocenters. The molecule has 0 amide bonds. The Hall–Kier alpha value is -3.69. The molecule has 2 N–H and O–H groups in total. The fourth-order valence-corrected chi connectivity index (χ4v) is 6.37. The molecule has 1 aromatic heterocycles. The molecule has 3 aliphatic rings. The highest BCUT2D eigenvalue weighted by atomic mass is 32.1. The van der Waals surface area contributed by atoms with Gasteiger partial charge in [-0.05, 0) is 37.0 Å². The van der Waals surface area contributed by atoms with Gasteiger partial charge in [-0.1, -0.05) is 12.0 Å². The summed E-state index contributed by atoms with van der Waals surface area (Å²) >= 11 is 1.28. The van der Waals surface area contributed by atoms with Gasteiger partial charge >= 0.3 is 11.9 Å². The van der Waals surface area contributed by atoms with Crippen molar-refractivity contribution in [1.29, 1.82) is 0 Å². The molecule has 0 radical (unpaired) electrons. The predicted octanol–water partition coefficient (Wildman–Crippen LogP) is 3.74. The van der Waals surface area contributed by atoms with E-state index in [4.69, 9.17) is 16.2 Å². The monoisotopic (exact) mass is 558 g/mol. The zero-order chi connectivity index (χ0) is 27.9. The molecule has 5 rings (SSSR count). The van der Waals surface area contributed by atoms with E-state index in [2.05, 4.69) is 16.2 Å². The van der Waals surface area contributed by atoms with Crippen molar-refractivity contribution >= 4 is 29.1 Å². The third-order valence-corrected chi connectivity index (χ3v) is 8.14. The predicted molar refractivity (Wildman–Crippen MR) is 137 cm³/mol. The number of ether oxygens (including phenoxy) is 1. The number of carbonyl (C=O) groups is 2. The van der Waals surface area contributed by atoms with Crippen LogP contribution >= 0.6 is 11.3 Å². The highest BCUT2D eigenvalue weighted by molar-refractivity contribution is 7.11. The van der Waals surface area contributed by atoms with Gasteiger partial charge in [0.05, 0.1) is 18.2 Å². The quantitative estimate of drug-likeness (QED) is 0.376. The molecule has 39 heavy (non-hydrogen) atoms. The standard InChI is InChI=1S/C27H25F3N4O4S/c1-3-14-9-16(28)5-6-17(14)23-22(26(37)38-4-2)18(32-24(33-23)25-31-7-8-39-25)13-34-19-12-27(29,30)20(34)10-15(19)11-21(35)36/h1,5-9,15,19-20,23H,4,10-13H2,2H3,(H,32,33)(H,35,36)/t15-,19-,20-,23?/m1/s1. The molecule has 2 aromatic rings. The fraction of sp³-hybridized carbons (Fsp3) is 0.407. The molecule has 1 unspecified atom stereocenters. The number of rotatable bonds is 8. The summed E-state index contributed by atoms with van der Waals surface area (Å²) in [6.07, 6.45) is 6.59. The molecule has 204 valence electrons. The number of carboxylic acids is 1. The van der Waals surface area contributed by atoms with Crippen LogP contribution in [-0.4, -0.2) is 63.9 Å². The molecule has 2 fully saturated rings. The van der Waals surface area contributed by atoms with Crippen LogP contribution in [-0.2, 0) is 14.3 Å². The Bertz CT molecular complexity index is 1400. The number of esters is 1. The van der Waals surface area contributed by atoms with Crippen molar-refractivity contribution in [3.8, 4) is 12.3 Å². The molecule has 1 aromatic carbocycles. The number of aliphatic imine (C=N–C) groups is 1. The van der Waals surface area contributed by atoms with Crippen LogP contribution in [0.15, 0.2) is 46.0 Å². The van der Waals surface area contributed by atoms with Crippen LogP contribution in [0.3, 0.4) is 0 Å². The lowest BCUT2D eigenvalue weighted by Crippen LogP contribution is -2.43. The minimum absolute atomic E-state index is 0.0298. The zero-order valence-corrected chi connectivity index (χ0v) is 21.7. The number of fused-ring (bicyclic) bond motifs is 2. The Morgan fingerprint density at radius 1 is 1.38 bits per heavy atom. The SMILES string of the molecule is C#Cc1cc(F)ccc1C1N=C(c2nccs2)NC(CN2[C@@H]3CC(F)(F)[C@H]2C[C@@H]3CC(=O)O)=C1C(=O)OCC. The van der Waals surface area contributed by atoms with E-state index in [-0.39, 0.29) is 42.8 Å². The maximum atomic E-state index is 14.9. The number of nitrogens with zero attached hydrogens (tertiary/aromatic N) is 3. The van der Waals surface area contributed by atoms with Gasteiger partial charge in [0.15, 0.2) is 10.8 Å². The van der Waals surface area contributed by atoms with Crippen molar-refractivity contribution in [2.75, 3.05) is 13.2 Å². The third-order valence-electron chi connectivity index (χ3n) is 7.36. The van der Waals surface area contributed by atoms with E-state index in [9.17, 15) is 27.9 Å². The lowest BCUT2D eigenvalue weighted by molar-refractivity contribution is -0.139. The molecule has 0 aliphatic carbocycles. The molecule has 8 nitrogen and oxygen atoms in total. The van der Waals surface area contributed by atoms with Gasteiger partial charge in [-0.3, -0.25) is 14.7 Å². The number of thiazole rings is 1. The minimum Gasteiger partial charge on any atom is -0.481 e. The van der Waals surface area contributed by atoms with Crippen molar-refractivity contribution in [3.05, 3.63) is 63.0 Å². The highest BCUT2D eigenvalue weighted by Crippen LogP contribution is 2.51. The Balaban J connectivity index is 1.62. The smallest absolute Gasteiger partial charge is 0.338 e. The Morgan fingerprint density at radius 3 is 2.85 bits per heavy atom. The lowest BCUT2D eigenvalue weighted by atomic mass is 9.85. The summed E-state index contributed by atoms with van der Waals surface area (Å²) in [5.74, 6) is -3.05. The summed E-state index contributed by atoms with van der Waals surface area (Å²) in [6.45, 7) is 1.57. The van der Waals surface area contributed by atoms with Crippen LogP contribution in [0.4, 0.5) is 13.2 Å². The highest BCUT2D eigenvalue weighted by Gasteiger charge is 2.61. The van der Waals surface area contributed by atoms with Crippen molar-refractivity contribution in [3.63, 3.8) is 0 Å². The average Bonchev–Trinajstić information content (AvgIpc) is 3.58. The van der Waals surface area contributed by atoms with Crippen LogP contribution in [0.2, 0.25) is 0 Å². The van der Waals surface area contributed by atoms with Gasteiger partial charge < -0.3 is 15.2 Å². The number of carboxylic acid groups (broad SMARTS) is 1. The maximum Gasteiger partial charge on any atom is 0.338 e. The van der Waals surface area contributed by atoms with E-state index in [1.54, 1.807) is 23.4 Å². The first kappa shape index (κ1) is 26.9. The summed E-state index contributed by atoms with van der Waals surface area (Å²) in [7, 11) is 0. The number of benzene rings is 1. The second-order valence-electron chi connectivity index (χ2n) is 9.65. The number of hydrogen-bond acceptors (Lipinski definition) is 8. The normalized spacial score (nSPS) is 25.7. The molecular formula is C27H25F3N4O4S. The minimum atomic E-state index is -3.00. The molecule has 12 heteroatoms. The Labute approximate surface area is 226 Å². The van der Waals surface area contributed by atoms with Gasteiger partial charge in [0.25, 0.3) is 5.92 Å². The number of hydrogen-bond donors (Lipinski definition) is 2. The third kappa shape index (κ3) is 5.04.